The summed E-state index contributed by atoms with van der Waals surface area (Å²) in [7, 11) is 1.68. The average Bonchev–Trinajstić information content (AvgIpc) is 2.67. The van der Waals surface area contributed by atoms with E-state index in [0.29, 0.717) is 6.61 Å². The maximum absolute atomic E-state index is 5.58. The Kier molecular flexibility index (Phi) is 5.29. The van der Waals surface area contributed by atoms with Crippen molar-refractivity contribution < 1.29 is 9.47 Å². The third kappa shape index (κ3) is 3.66. The quantitative estimate of drug-likeness (QED) is 0.592. The second-order valence-corrected chi connectivity index (χ2v) is 5.60. The zero-order chi connectivity index (χ0) is 16.8. The highest BCUT2D eigenvalue weighted by atomic mass is 16.5. The lowest BCUT2D eigenvalue weighted by atomic mass is 9.97. The van der Waals surface area contributed by atoms with Crippen LogP contribution in [0.5, 0.6) is 5.75 Å². The highest BCUT2D eigenvalue weighted by molar-refractivity contribution is 5.72. The van der Waals surface area contributed by atoms with Crippen LogP contribution in [0, 0.1) is 0 Å². The molecule has 0 aliphatic carbocycles. The van der Waals surface area contributed by atoms with Crippen LogP contribution < -0.4 is 4.74 Å². The molecule has 2 nitrogen and oxygen atoms in total. The minimum atomic E-state index is 0.646. The van der Waals surface area contributed by atoms with Gasteiger partial charge in [0.1, 0.15) is 5.75 Å². The molecule has 0 fully saturated rings. The van der Waals surface area contributed by atoms with Crippen LogP contribution in [0.4, 0.5) is 0 Å². The molecule has 0 atom stereocenters. The van der Waals surface area contributed by atoms with Gasteiger partial charge in [0, 0.05) is 6.61 Å². The van der Waals surface area contributed by atoms with E-state index in [-0.39, 0.29) is 0 Å². The first-order chi connectivity index (χ1) is 11.8. The van der Waals surface area contributed by atoms with E-state index in [1.54, 1.807) is 7.11 Å². The van der Waals surface area contributed by atoms with Gasteiger partial charge in [-0.2, -0.15) is 0 Å². The fourth-order valence-corrected chi connectivity index (χ4v) is 2.77. The van der Waals surface area contributed by atoms with Crippen molar-refractivity contribution in [2.45, 2.75) is 13.5 Å². The number of rotatable bonds is 6. The largest absolute Gasteiger partial charge is 0.497 e. The molecule has 0 N–H and O–H groups in total. The SMILES string of the molecule is CCOCc1ccccc1-c1ccc(-c2ccc(OC)cc2)cc1. The summed E-state index contributed by atoms with van der Waals surface area (Å²) < 4.78 is 10.8. The zero-order valence-electron chi connectivity index (χ0n) is 14.2. The fraction of sp³-hybridized carbons (Fsp3) is 0.182. The van der Waals surface area contributed by atoms with E-state index in [1.807, 2.05) is 19.1 Å². The molecule has 3 aromatic carbocycles. The second kappa shape index (κ2) is 7.80. The molecule has 0 amide bonds. The first-order valence-electron chi connectivity index (χ1n) is 8.22. The van der Waals surface area contributed by atoms with Crippen LogP contribution in [0.25, 0.3) is 22.3 Å². The molecule has 0 unspecified atom stereocenters. The lowest BCUT2D eigenvalue weighted by Crippen LogP contribution is -1.94. The van der Waals surface area contributed by atoms with Crippen LogP contribution in [0.15, 0.2) is 72.8 Å². The van der Waals surface area contributed by atoms with E-state index in [1.165, 1.54) is 27.8 Å². The van der Waals surface area contributed by atoms with Crippen molar-refractivity contribution in [1.29, 1.82) is 0 Å². The predicted molar refractivity (Wildman–Crippen MR) is 99.2 cm³/mol. The molecule has 122 valence electrons. The standard InChI is InChI=1S/C22H22O2/c1-3-24-16-20-6-4-5-7-22(20)19-10-8-17(9-11-19)18-12-14-21(23-2)15-13-18/h4-15H,3,16H2,1-2H3. The Morgan fingerprint density at radius 3 is 1.92 bits per heavy atom. The Morgan fingerprint density at radius 1 is 0.708 bits per heavy atom. The number of ether oxygens (including phenoxy) is 2. The molecule has 0 spiro atoms. The third-order valence-corrected chi connectivity index (χ3v) is 4.10. The maximum atomic E-state index is 5.58. The molecule has 3 rings (SSSR count). The van der Waals surface area contributed by atoms with Gasteiger partial charge in [-0.25, -0.2) is 0 Å². The van der Waals surface area contributed by atoms with Gasteiger partial charge in [0.2, 0.25) is 0 Å². The summed E-state index contributed by atoms with van der Waals surface area (Å²) in [4.78, 5) is 0. The first kappa shape index (κ1) is 16.3. The molecule has 0 saturated heterocycles. The molecule has 0 saturated carbocycles. The maximum Gasteiger partial charge on any atom is 0.118 e. The van der Waals surface area contributed by atoms with Gasteiger partial charge in [-0.05, 0) is 46.9 Å². The molecule has 0 bridgehead atoms. The summed E-state index contributed by atoms with van der Waals surface area (Å²) in [6.45, 7) is 3.39. The van der Waals surface area contributed by atoms with Gasteiger partial charge in [0.05, 0.1) is 13.7 Å². The molecule has 3 aromatic rings. The number of methoxy groups -OCH3 is 1. The number of hydrogen-bond acceptors (Lipinski definition) is 2. The van der Waals surface area contributed by atoms with Crippen molar-refractivity contribution in [2.24, 2.45) is 0 Å². The Morgan fingerprint density at radius 2 is 1.29 bits per heavy atom. The fourth-order valence-electron chi connectivity index (χ4n) is 2.77. The smallest absolute Gasteiger partial charge is 0.118 e. The first-order valence-corrected chi connectivity index (χ1v) is 8.22. The molecule has 0 aliphatic rings. The van der Waals surface area contributed by atoms with Crippen molar-refractivity contribution in [1.82, 2.24) is 0 Å². The highest BCUT2D eigenvalue weighted by Gasteiger charge is 2.05. The molecular weight excluding hydrogens is 296 g/mol. The summed E-state index contributed by atoms with van der Waals surface area (Å²) in [5.41, 5.74) is 6.04. The topological polar surface area (TPSA) is 18.5 Å². The second-order valence-electron chi connectivity index (χ2n) is 5.60. The minimum Gasteiger partial charge on any atom is -0.497 e. The van der Waals surface area contributed by atoms with E-state index < -0.39 is 0 Å². The number of benzene rings is 3. The molecule has 0 heterocycles. The van der Waals surface area contributed by atoms with Crippen molar-refractivity contribution >= 4 is 0 Å². The van der Waals surface area contributed by atoms with Gasteiger partial charge >= 0.3 is 0 Å². The summed E-state index contributed by atoms with van der Waals surface area (Å²) in [6, 6.07) is 25.2. The van der Waals surface area contributed by atoms with Crippen LogP contribution in [-0.4, -0.2) is 13.7 Å². The van der Waals surface area contributed by atoms with Crippen molar-refractivity contribution in [3.63, 3.8) is 0 Å². The summed E-state index contributed by atoms with van der Waals surface area (Å²) in [5.74, 6) is 0.875. The summed E-state index contributed by atoms with van der Waals surface area (Å²) >= 11 is 0. The Balaban J connectivity index is 1.86. The molecule has 2 heteroatoms. The molecule has 24 heavy (non-hydrogen) atoms. The number of hydrogen-bond donors (Lipinski definition) is 0. The average molecular weight is 318 g/mol. The van der Waals surface area contributed by atoms with E-state index in [9.17, 15) is 0 Å². The molecule has 0 aromatic heterocycles. The lowest BCUT2D eigenvalue weighted by molar-refractivity contribution is 0.134. The van der Waals surface area contributed by atoms with E-state index in [0.717, 1.165) is 12.4 Å². The zero-order valence-corrected chi connectivity index (χ0v) is 14.2. The Hall–Kier alpha value is -2.58. The van der Waals surface area contributed by atoms with Crippen LogP contribution in [0.3, 0.4) is 0 Å². The van der Waals surface area contributed by atoms with Gasteiger partial charge < -0.3 is 9.47 Å². The van der Waals surface area contributed by atoms with Crippen LogP contribution in [0.1, 0.15) is 12.5 Å². The third-order valence-electron chi connectivity index (χ3n) is 4.10. The lowest BCUT2D eigenvalue weighted by Gasteiger charge is -2.11. The Labute approximate surface area is 143 Å². The minimum absolute atomic E-state index is 0.646. The predicted octanol–water partition coefficient (Wildman–Crippen LogP) is 5.57. The monoisotopic (exact) mass is 318 g/mol. The Bertz CT molecular complexity index is 774. The van der Waals surface area contributed by atoms with Gasteiger partial charge in [-0.15, -0.1) is 0 Å². The summed E-state index contributed by atoms with van der Waals surface area (Å²) in [6.07, 6.45) is 0. The molecular formula is C22H22O2. The van der Waals surface area contributed by atoms with Gasteiger partial charge in [0.25, 0.3) is 0 Å². The van der Waals surface area contributed by atoms with Gasteiger partial charge in [-0.3, -0.25) is 0 Å². The molecule has 0 aliphatic heterocycles. The highest BCUT2D eigenvalue weighted by Crippen LogP contribution is 2.28. The van der Waals surface area contributed by atoms with Crippen molar-refractivity contribution in [2.75, 3.05) is 13.7 Å². The van der Waals surface area contributed by atoms with Crippen LogP contribution in [0.2, 0.25) is 0 Å². The van der Waals surface area contributed by atoms with Crippen molar-refractivity contribution in [3.8, 4) is 28.0 Å². The molecule has 0 radical (unpaired) electrons. The van der Waals surface area contributed by atoms with Gasteiger partial charge in [-0.1, -0.05) is 60.7 Å². The van der Waals surface area contributed by atoms with E-state index in [2.05, 4.69) is 60.7 Å². The van der Waals surface area contributed by atoms with E-state index >= 15 is 0 Å². The van der Waals surface area contributed by atoms with E-state index in [4.69, 9.17) is 9.47 Å². The van der Waals surface area contributed by atoms with Crippen molar-refractivity contribution in [3.05, 3.63) is 78.4 Å². The van der Waals surface area contributed by atoms with Crippen LogP contribution >= 0.6 is 0 Å². The van der Waals surface area contributed by atoms with Crippen LogP contribution in [-0.2, 0) is 11.3 Å². The normalized spacial score (nSPS) is 10.6. The summed E-state index contributed by atoms with van der Waals surface area (Å²) in [5, 5.41) is 0. The van der Waals surface area contributed by atoms with Gasteiger partial charge in [0.15, 0.2) is 0 Å².